The number of thiophene rings is 1. The van der Waals surface area contributed by atoms with E-state index in [2.05, 4.69) is 5.32 Å². The van der Waals surface area contributed by atoms with Crippen LogP contribution in [-0.2, 0) is 21.2 Å². The number of hydrogen-bond acceptors (Lipinski definition) is 5. The average Bonchev–Trinajstić information content (AvgIpc) is 2.84. The Kier molecular flexibility index (Phi) is 6.61. The smallest absolute Gasteiger partial charge is 0.407 e. The summed E-state index contributed by atoms with van der Waals surface area (Å²) in [5.74, 6) is 0. The Bertz CT molecular complexity index is 632. The van der Waals surface area contributed by atoms with E-state index in [0.717, 1.165) is 11.3 Å². The molecule has 0 unspecified atom stereocenters. The molecule has 1 N–H and O–H groups in total. The lowest BCUT2D eigenvalue weighted by molar-refractivity contribution is 0.0504. The molecule has 1 aromatic heterocycles. The number of likely N-dealkylation sites (N-methyl/N-ethyl adjacent to an activating group) is 1. The third-order valence-electron chi connectivity index (χ3n) is 2.94. The van der Waals surface area contributed by atoms with Crippen molar-refractivity contribution in [2.24, 2.45) is 0 Å². The molecular weight excluding hydrogens is 336 g/mol. The van der Waals surface area contributed by atoms with E-state index >= 15 is 0 Å². The van der Waals surface area contributed by atoms with Crippen molar-refractivity contribution in [2.45, 2.75) is 56.9 Å². The molecule has 1 heterocycles. The molecule has 0 saturated heterocycles. The van der Waals surface area contributed by atoms with E-state index in [0.29, 0.717) is 4.21 Å². The molecule has 0 bridgehead atoms. The lowest BCUT2D eigenvalue weighted by atomic mass is 10.2. The number of sulfonamides is 1. The maximum atomic E-state index is 12.5. The van der Waals surface area contributed by atoms with Crippen molar-refractivity contribution in [1.29, 1.82) is 0 Å². The summed E-state index contributed by atoms with van der Waals surface area (Å²) in [6.45, 7) is 9.21. The zero-order chi connectivity index (χ0) is 17.8. The first-order chi connectivity index (χ1) is 10.5. The van der Waals surface area contributed by atoms with Crippen molar-refractivity contribution in [1.82, 2.24) is 9.62 Å². The van der Waals surface area contributed by atoms with Gasteiger partial charge in [-0.25, -0.2) is 13.2 Å². The summed E-state index contributed by atoms with van der Waals surface area (Å²) < 4.78 is 31.7. The average molecular weight is 363 g/mol. The van der Waals surface area contributed by atoms with Crippen LogP contribution in [0.3, 0.4) is 0 Å². The van der Waals surface area contributed by atoms with Gasteiger partial charge in [-0.05, 0) is 46.2 Å². The Balaban J connectivity index is 2.67. The van der Waals surface area contributed by atoms with Crippen LogP contribution in [0, 0.1) is 0 Å². The summed E-state index contributed by atoms with van der Waals surface area (Å²) >= 11 is 1.28. The summed E-state index contributed by atoms with van der Waals surface area (Å²) in [6, 6.07) is 3.09. The van der Waals surface area contributed by atoms with Crippen molar-refractivity contribution >= 4 is 27.5 Å². The number of amides is 1. The van der Waals surface area contributed by atoms with Crippen LogP contribution in [0.15, 0.2) is 16.3 Å². The van der Waals surface area contributed by atoms with Crippen molar-refractivity contribution in [2.75, 3.05) is 13.6 Å². The Morgan fingerprint density at radius 3 is 2.48 bits per heavy atom. The number of carbonyl (C=O) groups is 1. The largest absolute Gasteiger partial charge is 0.444 e. The van der Waals surface area contributed by atoms with Gasteiger partial charge in [0.25, 0.3) is 10.0 Å². The quantitative estimate of drug-likeness (QED) is 0.844. The Labute approximate surface area is 142 Å². The van der Waals surface area contributed by atoms with E-state index in [1.165, 1.54) is 22.7 Å². The van der Waals surface area contributed by atoms with E-state index in [1.807, 2.05) is 13.0 Å². The minimum Gasteiger partial charge on any atom is -0.444 e. The third kappa shape index (κ3) is 6.12. The molecule has 0 spiro atoms. The summed E-state index contributed by atoms with van der Waals surface area (Å²) in [7, 11) is -2.03. The number of nitrogens with one attached hydrogen (secondary N) is 1. The number of hydrogen-bond donors (Lipinski definition) is 1. The van der Waals surface area contributed by atoms with Gasteiger partial charge < -0.3 is 10.1 Å². The SMILES string of the molecule is CCc1ccc(S(=O)(=O)N(C)C[C@H](C)NC(=O)OC(C)(C)C)s1. The second kappa shape index (κ2) is 7.63. The fourth-order valence-corrected chi connectivity index (χ4v) is 4.64. The molecule has 23 heavy (non-hydrogen) atoms. The Morgan fingerprint density at radius 1 is 1.39 bits per heavy atom. The molecule has 6 nitrogen and oxygen atoms in total. The number of rotatable bonds is 6. The number of nitrogens with zero attached hydrogens (tertiary/aromatic N) is 1. The molecule has 1 amide bonds. The number of alkyl carbamates (subject to hydrolysis) is 1. The Morgan fingerprint density at radius 2 is 2.00 bits per heavy atom. The highest BCUT2D eigenvalue weighted by Gasteiger charge is 2.25. The van der Waals surface area contributed by atoms with E-state index in [9.17, 15) is 13.2 Å². The van der Waals surface area contributed by atoms with Gasteiger partial charge in [-0.15, -0.1) is 11.3 Å². The first kappa shape index (κ1) is 19.9. The van der Waals surface area contributed by atoms with Crippen molar-refractivity contribution in [3.8, 4) is 0 Å². The minimum absolute atomic E-state index is 0.168. The van der Waals surface area contributed by atoms with Crippen molar-refractivity contribution < 1.29 is 17.9 Å². The zero-order valence-electron chi connectivity index (χ0n) is 14.5. The van der Waals surface area contributed by atoms with Crippen LogP contribution >= 0.6 is 11.3 Å². The number of aryl methyl sites for hydroxylation is 1. The molecule has 0 fully saturated rings. The van der Waals surface area contributed by atoms with Gasteiger partial charge in [0.1, 0.15) is 9.81 Å². The minimum atomic E-state index is -3.53. The molecule has 1 atom stereocenters. The molecule has 132 valence electrons. The first-order valence-corrected chi connectivity index (χ1v) is 9.76. The molecular formula is C15H26N2O4S2. The van der Waals surface area contributed by atoms with Gasteiger partial charge in [-0.2, -0.15) is 4.31 Å². The predicted molar refractivity (Wildman–Crippen MR) is 92.3 cm³/mol. The Hall–Kier alpha value is -1.12. The topological polar surface area (TPSA) is 75.7 Å². The third-order valence-corrected chi connectivity index (χ3v) is 6.46. The zero-order valence-corrected chi connectivity index (χ0v) is 16.2. The summed E-state index contributed by atoms with van der Waals surface area (Å²) in [5, 5.41) is 2.64. The van der Waals surface area contributed by atoms with Crippen LogP contribution in [0.25, 0.3) is 0 Å². The van der Waals surface area contributed by atoms with E-state index < -0.39 is 21.7 Å². The molecule has 0 aliphatic heterocycles. The van der Waals surface area contributed by atoms with Crippen LogP contribution in [0.1, 0.15) is 39.5 Å². The van der Waals surface area contributed by atoms with Crippen molar-refractivity contribution in [3.05, 3.63) is 17.0 Å². The second-order valence-electron chi connectivity index (χ2n) is 6.41. The standard InChI is InChI=1S/C15H26N2O4S2/c1-7-12-8-9-13(22-12)23(19,20)17(6)10-11(2)16-14(18)21-15(3,4)5/h8-9,11H,7,10H2,1-6H3,(H,16,18)/t11-/m0/s1. The normalized spacial score (nSPS) is 13.9. The van der Waals surface area contributed by atoms with Gasteiger partial charge in [0.15, 0.2) is 0 Å². The fourth-order valence-electron chi connectivity index (χ4n) is 1.88. The monoisotopic (exact) mass is 362 g/mol. The van der Waals surface area contributed by atoms with Crippen LogP contribution in [0.4, 0.5) is 4.79 Å². The van der Waals surface area contributed by atoms with E-state index in [4.69, 9.17) is 4.74 Å². The van der Waals surface area contributed by atoms with Gasteiger partial charge in [0, 0.05) is 24.5 Å². The van der Waals surface area contributed by atoms with Crippen LogP contribution in [0.5, 0.6) is 0 Å². The molecule has 1 rings (SSSR count). The highest BCUT2D eigenvalue weighted by atomic mass is 32.2. The maximum Gasteiger partial charge on any atom is 0.407 e. The van der Waals surface area contributed by atoms with Crippen LogP contribution in [0.2, 0.25) is 0 Å². The van der Waals surface area contributed by atoms with Gasteiger partial charge in [0.2, 0.25) is 0 Å². The molecule has 0 aromatic carbocycles. The van der Waals surface area contributed by atoms with Crippen LogP contribution in [-0.4, -0.2) is 44.1 Å². The van der Waals surface area contributed by atoms with Gasteiger partial charge in [-0.1, -0.05) is 6.92 Å². The lowest BCUT2D eigenvalue weighted by Crippen LogP contribution is -2.44. The molecule has 8 heteroatoms. The highest BCUT2D eigenvalue weighted by molar-refractivity contribution is 7.91. The highest BCUT2D eigenvalue weighted by Crippen LogP contribution is 2.24. The van der Waals surface area contributed by atoms with Gasteiger partial charge in [0.05, 0.1) is 0 Å². The summed E-state index contributed by atoms with van der Waals surface area (Å²) in [4.78, 5) is 12.7. The number of carbonyl (C=O) groups excluding carboxylic acids is 1. The van der Waals surface area contributed by atoms with Gasteiger partial charge >= 0.3 is 6.09 Å². The van der Waals surface area contributed by atoms with Crippen molar-refractivity contribution in [3.63, 3.8) is 0 Å². The van der Waals surface area contributed by atoms with E-state index in [-0.39, 0.29) is 12.6 Å². The maximum absolute atomic E-state index is 12.5. The fraction of sp³-hybridized carbons (Fsp3) is 0.667. The molecule has 0 radical (unpaired) electrons. The molecule has 1 aromatic rings. The summed E-state index contributed by atoms with van der Waals surface area (Å²) in [5.41, 5.74) is -0.588. The molecule has 0 aliphatic rings. The second-order valence-corrected chi connectivity index (χ2v) is 9.85. The lowest BCUT2D eigenvalue weighted by Gasteiger charge is -2.24. The predicted octanol–water partition coefficient (Wildman–Crippen LogP) is 2.84. The van der Waals surface area contributed by atoms with Gasteiger partial charge in [-0.3, -0.25) is 0 Å². The molecule has 0 saturated carbocycles. The summed E-state index contributed by atoms with van der Waals surface area (Å²) in [6.07, 6.45) is 0.251. The number of ether oxygens (including phenoxy) is 1. The van der Waals surface area contributed by atoms with E-state index in [1.54, 1.807) is 33.8 Å². The molecule has 0 aliphatic carbocycles. The van der Waals surface area contributed by atoms with Crippen LogP contribution < -0.4 is 5.32 Å². The first-order valence-electron chi connectivity index (χ1n) is 7.50.